The number of ether oxygens (including phenoxy) is 1. The lowest BCUT2D eigenvalue weighted by atomic mass is 9.54. The van der Waals surface area contributed by atoms with Crippen LogP contribution in [0.4, 0.5) is 10.1 Å². The predicted molar refractivity (Wildman–Crippen MR) is 145 cm³/mol. The molecule has 2 amide bonds. The number of morpholine rings is 1. The molecule has 0 saturated carbocycles. The van der Waals surface area contributed by atoms with Crippen LogP contribution in [0, 0.1) is 5.82 Å². The molecule has 2 aliphatic heterocycles. The number of carbonyl (C=O) groups is 3. The van der Waals surface area contributed by atoms with E-state index in [0.717, 1.165) is 13.1 Å². The van der Waals surface area contributed by atoms with Gasteiger partial charge in [0.05, 0.1) is 19.8 Å². The number of aliphatic hydroxyl groups is 5. The summed E-state index contributed by atoms with van der Waals surface area (Å²) in [5.41, 5.74) is -9.86. The molecule has 4 radical (unpaired) electrons. The standard InChI is InChI=1S/C26H29B2FN4O9/c1-30-22(36)24(38,26(28,41)23(27,37)14-34)33-13-18-17(21(33)35)3-2-4-20(18)31-12-15-5-6-16(11-19(15)29)25(39,40)32-7-9-42-10-8-32/h2-6,11,14,31,37-41H,7-10,12-13H2,1H3,(H,30,36)/t23?,24-,26?/m0/s1. The molecular weight excluding hydrogens is 553 g/mol. The van der Waals surface area contributed by atoms with Crippen LogP contribution in [0.2, 0.25) is 0 Å². The number of anilines is 1. The molecule has 220 valence electrons. The number of nitrogens with zero attached hydrogens (tertiary/aromatic N) is 2. The van der Waals surface area contributed by atoms with E-state index in [1.807, 2.05) is 5.32 Å². The monoisotopic (exact) mass is 582 g/mol. The van der Waals surface area contributed by atoms with Crippen molar-refractivity contribution in [2.75, 3.05) is 38.7 Å². The molecule has 3 atom stereocenters. The highest BCUT2D eigenvalue weighted by Gasteiger charge is 2.65. The van der Waals surface area contributed by atoms with Crippen molar-refractivity contribution in [3.63, 3.8) is 0 Å². The Balaban J connectivity index is 1.59. The molecule has 2 aromatic rings. The van der Waals surface area contributed by atoms with E-state index >= 15 is 4.39 Å². The lowest BCUT2D eigenvalue weighted by molar-refractivity contribution is -0.287. The van der Waals surface area contributed by atoms with Crippen molar-refractivity contribution in [1.29, 1.82) is 0 Å². The van der Waals surface area contributed by atoms with Gasteiger partial charge in [-0.05, 0) is 18.2 Å². The van der Waals surface area contributed by atoms with Gasteiger partial charge in [-0.15, -0.1) is 0 Å². The Bertz CT molecular complexity index is 1390. The summed E-state index contributed by atoms with van der Waals surface area (Å²) in [6, 6.07) is 8.09. The number of amides is 2. The van der Waals surface area contributed by atoms with Crippen molar-refractivity contribution in [2.45, 2.75) is 35.7 Å². The Kier molecular flexibility index (Phi) is 8.55. The van der Waals surface area contributed by atoms with Gasteiger partial charge >= 0.3 is 0 Å². The van der Waals surface area contributed by atoms with Crippen LogP contribution in [-0.2, 0) is 33.3 Å². The minimum Gasteiger partial charge on any atom is -0.392 e. The molecule has 7 N–H and O–H groups in total. The number of nitrogens with one attached hydrogen (secondary N) is 2. The second-order valence-electron chi connectivity index (χ2n) is 10.1. The number of aldehydes is 1. The van der Waals surface area contributed by atoms with Gasteiger partial charge < -0.3 is 45.7 Å². The zero-order valence-electron chi connectivity index (χ0n) is 22.6. The first-order valence-corrected chi connectivity index (χ1v) is 12.8. The molecule has 1 fully saturated rings. The zero-order valence-corrected chi connectivity index (χ0v) is 22.6. The van der Waals surface area contributed by atoms with Crippen LogP contribution >= 0.6 is 0 Å². The fourth-order valence-corrected chi connectivity index (χ4v) is 4.95. The van der Waals surface area contributed by atoms with Gasteiger partial charge in [-0.2, -0.15) is 0 Å². The number of fused-ring (bicyclic) bond motifs is 1. The summed E-state index contributed by atoms with van der Waals surface area (Å²) in [6.07, 6.45) is -0.389. The van der Waals surface area contributed by atoms with Crippen molar-refractivity contribution in [2.24, 2.45) is 0 Å². The summed E-state index contributed by atoms with van der Waals surface area (Å²) in [4.78, 5) is 39.3. The average molecular weight is 582 g/mol. The Labute approximate surface area is 242 Å². The molecule has 2 unspecified atom stereocenters. The molecule has 2 aromatic carbocycles. The van der Waals surface area contributed by atoms with E-state index in [0.29, 0.717) is 18.1 Å². The molecular formula is C26H29B2FN4O9. The van der Waals surface area contributed by atoms with Gasteiger partial charge in [0.2, 0.25) is 5.72 Å². The molecule has 1 saturated heterocycles. The van der Waals surface area contributed by atoms with Crippen LogP contribution in [-0.4, -0.2) is 119 Å². The second-order valence-corrected chi connectivity index (χ2v) is 10.1. The zero-order chi connectivity index (χ0) is 31.1. The van der Waals surface area contributed by atoms with Crippen molar-refractivity contribution in [3.8, 4) is 0 Å². The van der Waals surface area contributed by atoms with Crippen LogP contribution in [0.5, 0.6) is 0 Å². The summed E-state index contributed by atoms with van der Waals surface area (Å²) in [5.74, 6) is -5.60. The molecule has 2 heterocycles. The van der Waals surface area contributed by atoms with Gasteiger partial charge in [0, 0.05) is 54.6 Å². The lowest BCUT2D eigenvalue weighted by Gasteiger charge is -2.50. The van der Waals surface area contributed by atoms with Crippen LogP contribution in [0.15, 0.2) is 36.4 Å². The third-order valence-corrected chi connectivity index (χ3v) is 7.59. The maximum atomic E-state index is 15.1. The maximum absolute atomic E-state index is 15.1. The largest absolute Gasteiger partial charge is 0.392 e. The van der Waals surface area contributed by atoms with Crippen molar-refractivity contribution >= 4 is 39.5 Å². The quantitative estimate of drug-likeness (QED) is 0.0868. The maximum Gasteiger partial charge on any atom is 0.275 e. The predicted octanol–water partition coefficient (Wildman–Crippen LogP) is -2.83. The van der Waals surface area contributed by atoms with Crippen molar-refractivity contribution in [3.05, 3.63) is 64.5 Å². The molecule has 13 nitrogen and oxygen atoms in total. The van der Waals surface area contributed by atoms with E-state index in [4.69, 9.17) is 20.4 Å². The van der Waals surface area contributed by atoms with Crippen LogP contribution in [0.3, 0.4) is 0 Å². The Morgan fingerprint density at radius 3 is 2.38 bits per heavy atom. The Hall–Kier alpha value is -3.37. The first-order chi connectivity index (χ1) is 19.6. The van der Waals surface area contributed by atoms with Gasteiger partial charge in [-0.25, -0.2) is 9.29 Å². The van der Waals surface area contributed by atoms with E-state index in [1.165, 1.54) is 35.2 Å². The van der Waals surface area contributed by atoms with Crippen LogP contribution in [0.25, 0.3) is 0 Å². The van der Waals surface area contributed by atoms with Crippen molar-refractivity contribution < 1.29 is 49.0 Å². The number of likely N-dealkylation sites (N-methyl/N-ethyl adjacent to an activating group) is 1. The van der Waals surface area contributed by atoms with Crippen LogP contribution < -0.4 is 10.6 Å². The van der Waals surface area contributed by atoms with Gasteiger partial charge in [0.25, 0.3) is 17.7 Å². The van der Waals surface area contributed by atoms with Gasteiger partial charge in [0.1, 0.15) is 38.8 Å². The second kappa shape index (κ2) is 11.4. The van der Waals surface area contributed by atoms with E-state index in [1.54, 1.807) is 0 Å². The molecule has 16 heteroatoms. The van der Waals surface area contributed by atoms with Crippen molar-refractivity contribution in [1.82, 2.24) is 15.1 Å². The van der Waals surface area contributed by atoms with E-state index in [-0.39, 0.29) is 53.9 Å². The molecule has 0 aliphatic carbocycles. The fraction of sp³-hybridized carbons (Fsp3) is 0.423. The number of hydrogen-bond acceptors (Lipinski definition) is 11. The normalized spacial score (nSPS) is 20.2. The van der Waals surface area contributed by atoms with E-state index < -0.39 is 46.8 Å². The Morgan fingerprint density at radius 2 is 1.79 bits per heavy atom. The topological polar surface area (TPSA) is 192 Å². The fourth-order valence-electron chi connectivity index (χ4n) is 4.95. The highest BCUT2D eigenvalue weighted by molar-refractivity contribution is 6.33. The third-order valence-electron chi connectivity index (χ3n) is 7.59. The third kappa shape index (κ3) is 5.08. The molecule has 4 rings (SSSR count). The van der Waals surface area contributed by atoms with E-state index in [2.05, 4.69) is 5.32 Å². The number of carbonyl (C=O) groups excluding carboxylic acids is 3. The molecule has 0 spiro atoms. The minimum absolute atomic E-state index is 0.0310. The molecule has 42 heavy (non-hydrogen) atoms. The summed E-state index contributed by atoms with van der Waals surface area (Å²) < 4.78 is 20.3. The number of halogens is 1. The lowest BCUT2D eigenvalue weighted by Crippen LogP contribution is -2.79. The average Bonchev–Trinajstić information content (AvgIpc) is 3.32. The van der Waals surface area contributed by atoms with Gasteiger partial charge in [-0.3, -0.25) is 14.5 Å². The van der Waals surface area contributed by atoms with E-state index in [9.17, 15) is 39.9 Å². The highest BCUT2D eigenvalue weighted by Crippen LogP contribution is 2.39. The summed E-state index contributed by atoms with van der Waals surface area (Å²) in [7, 11) is 12.1. The number of benzene rings is 2. The van der Waals surface area contributed by atoms with Gasteiger partial charge in [0.15, 0.2) is 0 Å². The van der Waals surface area contributed by atoms with Crippen LogP contribution in [0.1, 0.15) is 27.0 Å². The Morgan fingerprint density at radius 1 is 1.12 bits per heavy atom. The smallest absolute Gasteiger partial charge is 0.275 e. The minimum atomic E-state index is -3.58. The highest BCUT2D eigenvalue weighted by atomic mass is 19.1. The van der Waals surface area contributed by atoms with Gasteiger partial charge in [-0.1, -0.05) is 18.2 Å². The first-order valence-electron chi connectivity index (χ1n) is 12.8. The summed E-state index contributed by atoms with van der Waals surface area (Å²) in [6.45, 7) is 0.390. The number of rotatable bonds is 10. The SMILES string of the molecule is [B]C(O)(C=O)C([B])(O)[C@@](O)(C(=O)NC)N1Cc2c(NCc3ccc(C(O)(O)N4CCOCC4)cc3F)cccc2C1=O. The first kappa shape index (κ1) is 31.6. The molecule has 0 aromatic heterocycles. The molecule has 0 bridgehead atoms. The summed E-state index contributed by atoms with van der Waals surface area (Å²) >= 11 is 0. The summed E-state index contributed by atoms with van der Waals surface area (Å²) in [5, 5.41) is 58.6. The molecule has 2 aliphatic rings. The number of hydrogen-bond donors (Lipinski definition) is 7.